The number of carboxylic acid groups (broad SMARTS) is 1. The number of hydrogen-bond acceptors (Lipinski definition) is 6. The second-order valence-corrected chi connectivity index (χ2v) is 9.28. The van der Waals surface area contributed by atoms with Crippen LogP contribution in [0.5, 0.6) is 0 Å². The number of nitrogens with one attached hydrogen (secondary N) is 1. The summed E-state index contributed by atoms with van der Waals surface area (Å²) in [6.07, 6.45) is -4.75. The molecule has 1 heterocycles. The van der Waals surface area contributed by atoms with Crippen molar-refractivity contribution in [2.75, 3.05) is 43.4 Å². The molecule has 40 heavy (non-hydrogen) atoms. The Bertz CT molecular complexity index is 1340. The Balaban J connectivity index is 1.78. The first-order valence-corrected chi connectivity index (χ1v) is 12.8. The maximum atomic E-state index is 13.2. The van der Waals surface area contributed by atoms with Crippen LogP contribution in [0.15, 0.2) is 54.7 Å². The van der Waals surface area contributed by atoms with Gasteiger partial charge in [-0.1, -0.05) is 31.5 Å². The van der Waals surface area contributed by atoms with Gasteiger partial charge in [0.05, 0.1) is 12.1 Å². The van der Waals surface area contributed by atoms with E-state index in [-0.39, 0.29) is 28.3 Å². The van der Waals surface area contributed by atoms with Crippen molar-refractivity contribution in [2.24, 2.45) is 0 Å². The number of alkyl halides is 3. The average Bonchev–Trinajstić information content (AvgIpc) is 2.92. The van der Waals surface area contributed by atoms with E-state index in [2.05, 4.69) is 34.0 Å². The van der Waals surface area contributed by atoms with E-state index >= 15 is 0 Å². The van der Waals surface area contributed by atoms with Crippen LogP contribution in [-0.2, 0) is 12.7 Å². The summed E-state index contributed by atoms with van der Waals surface area (Å²) in [6.45, 7) is 6.75. The summed E-state index contributed by atoms with van der Waals surface area (Å²) in [4.78, 5) is 37.9. The van der Waals surface area contributed by atoms with Crippen LogP contribution in [-0.4, -0.2) is 70.1 Å². The van der Waals surface area contributed by atoms with E-state index in [1.807, 2.05) is 0 Å². The second kappa shape index (κ2) is 13.4. The van der Waals surface area contributed by atoms with Gasteiger partial charge in [-0.25, -0.2) is 9.78 Å². The van der Waals surface area contributed by atoms with Crippen molar-refractivity contribution in [1.29, 1.82) is 0 Å². The van der Waals surface area contributed by atoms with Gasteiger partial charge in [0.15, 0.2) is 0 Å². The van der Waals surface area contributed by atoms with Crippen LogP contribution >= 0.6 is 11.6 Å². The van der Waals surface area contributed by atoms with E-state index in [0.29, 0.717) is 17.8 Å². The summed E-state index contributed by atoms with van der Waals surface area (Å²) in [7, 11) is 1.73. The zero-order chi connectivity index (χ0) is 29.4. The lowest BCUT2D eigenvalue weighted by Crippen LogP contribution is -2.36. The van der Waals surface area contributed by atoms with Gasteiger partial charge >= 0.3 is 12.3 Å². The maximum Gasteiger partial charge on any atom is 0.416 e. The van der Waals surface area contributed by atoms with Gasteiger partial charge in [-0.15, -0.1) is 0 Å². The summed E-state index contributed by atoms with van der Waals surface area (Å²) < 4.78 is 39.5. The van der Waals surface area contributed by atoms with Gasteiger partial charge in [-0.3, -0.25) is 9.69 Å². The Kier molecular flexibility index (Phi) is 10.3. The summed E-state index contributed by atoms with van der Waals surface area (Å²) in [5.41, 5.74) is -0.0590. The second-order valence-electron chi connectivity index (χ2n) is 8.87. The first kappa shape index (κ1) is 30.6. The Hall–Kier alpha value is -3.90. The summed E-state index contributed by atoms with van der Waals surface area (Å²) >= 11 is 6.07. The molecule has 3 aromatic rings. The molecule has 0 saturated heterocycles. The Morgan fingerprint density at radius 3 is 2.42 bits per heavy atom. The summed E-state index contributed by atoms with van der Waals surface area (Å²) in [5.74, 6) is -0.222. The van der Waals surface area contributed by atoms with Crippen LogP contribution < -0.4 is 10.2 Å². The van der Waals surface area contributed by atoms with E-state index in [1.165, 1.54) is 12.3 Å². The van der Waals surface area contributed by atoms with Gasteiger partial charge in [0.2, 0.25) is 5.95 Å². The highest BCUT2D eigenvalue weighted by Crippen LogP contribution is 2.32. The molecule has 2 aromatic carbocycles. The molecule has 9 nitrogen and oxygen atoms in total. The van der Waals surface area contributed by atoms with E-state index in [9.17, 15) is 27.9 Å². The van der Waals surface area contributed by atoms with Gasteiger partial charge < -0.3 is 20.2 Å². The van der Waals surface area contributed by atoms with Crippen molar-refractivity contribution in [2.45, 2.75) is 26.6 Å². The highest BCUT2D eigenvalue weighted by molar-refractivity contribution is 6.31. The molecule has 0 bridgehead atoms. The van der Waals surface area contributed by atoms with E-state index < -0.39 is 24.4 Å². The Morgan fingerprint density at radius 2 is 1.77 bits per heavy atom. The van der Waals surface area contributed by atoms with Gasteiger partial charge in [-0.2, -0.15) is 18.2 Å². The lowest BCUT2D eigenvalue weighted by Gasteiger charge is -2.23. The topological polar surface area (TPSA) is 102 Å². The van der Waals surface area contributed by atoms with Crippen LogP contribution in [0.3, 0.4) is 0 Å². The monoisotopic (exact) mass is 578 g/mol. The molecule has 0 spiro atoms. The van der Waals surface area contributed by atoms with Gasteiger partial charge in [-0.05, 0) is 61.1 Å². The number of amides is 2. The summed E-state index contributed by atoms with van der Waals surface area (Å²) in [5, 5.41) is 12.7. The standard InChI is InChI=1S/C27H30ClF3N6O3/c1-4-36(5-2)14-13-35(3)24(38)18-7-6-8-21(16-18)33-25-32-12-11-23(34-25)37(26(39)40)17-19-15-20(27(29,30)31)9-10-22(19)28/h6-12,15-16H,4-5,13-14,17H2,1-3H3,(H,39,40)(H,32,33,34). The third kappa shape index (κ3) is 8.06. The Morgan fingerprint density at radius 1 is 1.05 bits per heavy atom. The van der Waals surface area contributed by atoms with Crippen molar-refractivity contribution >= 4 is 41.1 Å². The fourth-order valence-corrected chi connectivity index (χ4v) is 4.04. The number of benzene rings is 2. The quantitative estimate of drug-likeness (QED) is 0.288. The molecule has 0 aliphatic rings. The van der Waals surface area contributed by atoms with Crippen LogP contribution in [0.2, 0.25) is 5.02 Å². The molecule has 3 rings (SSSR count). The predicted octanol–water partition coefficient (Wildman–Crippen LogP) is 5.99. The van der Waals surface area contributed by atoms with Crippen molar-refractivity contribution in [3.05, 3.63) is 76.4 Å². The molecule has 13 heteroatoms. The minimum Gasteiger partial charge on any atom is -0.465 e. The molecule has 0 unspecified atom stereocenters. The zero-order valence-electron chi connectivity index (χ0n) is 22.2. The molecular weight excluding hydrogens is 549 g/mol. The molecule has 0 saturated carbocycles. The maximum absolute atomic E-state index is 13.2. The largest absolute Gasteiger partial charge is 0.465 e. The molecule has 2 amide bonds. The highest BCUT2D eigenvalue weighted by atomic mass is 35.5. The molecule has 0 aliphatic heterocycles. The number of carbonyl (C=O) groups is 2. The molecule has 214 valence electrons. The highest BCUT2D eigenvalue weighted by Gasteiger charge is 2.31. The average molecular weight is 579 g/mol. The van der Waals surface area contributed by atoms with Crippen molar-refractivity contribution in [3.63, 3.8) is 0 Å². The minimum atomic E-state index is -4.62. The molecule has 0 fully saturated rings. The van der Waals surface area contributed by atoms with E-state index in [0.717, 1.165) is 42.7 Å². The van der Waals surface area contributed by atoms with Crippen LogP contribution in [0.4, 0.5) is 35.4 Å². The fourth-order valence-electron chi connectivity index (χ4n) is 3.86. The molecule has 0 atom stereocenters. The van der Waals surface area contributed by atoms with Crippen LogP contribution in [0.25, 0.3) is 0 Å². The molecule has 1 aromatic heterocycles. The number of aromatic nitrogens is 2. The van der Waals surface area contributed by atoms with Gasteiger partial charge in [0.1, 0.15) is 5.82 Å². The van der Waals surface area contributed by atoms with E-state index in [1.54, 1.807) is 36.2 Å². The SMILES string of the molecule is CCN(CC)CCN(C)C(=O)c1cccc(Nc2nccc(N(Cc3cc(C(F)(F)F)ccc3Cl)C(=O)O)n2)c1. The molecule has 2 N–H and O–H groups in total. The van der Waals surface area contributed by atoms with Gasteiger partial charge in [0.25, 0.3) is 5.91 Å². The zero-order valence-corrected chi connectivity index (χ0v) is 23.0. The summed E-state index contributed by atoms with van der Waals surface area (Å²) in [6, 6.07) is 10.7. The fraction of sp³-hybridized carbons (Fsp3) is 0.333. The molecule has 0 radical (unpaired) electrons. The lowest BCUT2D eigenvalue weighted by molar-refractivity contribution is -0.137. The lowest BCUT2D eigenvalue weighted by atomic mass is 10.1. The normalized spacial score (nSPS) is 11.4. The molecular formula is C27H30ClF3N6O3. The van der Waals surface area contributed by atoms with Crippen LogP contribution in [0, 0.1) is 0 Å². The third-order valence-electron chi connectivity index (χ3n) is 6.21. The van der Waals surface area contributed by atoms with Gasteiger partial charge in [0, 0.05) is 42.6 Å². The number of likely N-dealkylation sites (N-methyl/N-ethyl adjacent to an activating group) is 2. The smallest absolute Gasteiger partial charge is 0.416 e. The minimum absolute atomic E-state index is 0.0183. The number of hydrogen-bond donors (Lipinski definition) is 2. The Labute approximate surface area is 235 Å². The van der Waals surface area contributed by atoms with Crippen molar-refractivity contribution in [3.8, 4) is 0 Å². The molecule has 0 aliphatic carbocycles. The van der Waals surface area contributed by atoms with Crippen LogP contribution in [0.1, 0.15) is 35.3 Å². The first-order valence-electron chi connectivity index (χ1n) is 12.5. The van der Waals surface area contributed by atoms with Crippen molar-refractivity contribution < 1.29 is 27.9 Å². The number of anilines is 3. The van der Waals surface area contributed by atoms with Crippen molar-refractivity contribution in [1.82, 2.24) is 19.8 Å². The third-order valence-corrected chi connectivity index (χ3v) is 6.58. The van der Waals surface area contributed by atoms with E-state index in [4.69, 9.17) is 11.6 Å². The number of nitrogens with zero attached hydrogens (tertiary/aromatic N) is 5. The number of rotatable bonds is 11. The number of halogens is 4. The number of carbonyl (C=O) groups excluding carboxylic acids is 1. The first-order chi connectivity index (χ1) is 18.9. The predicted molar refractivity (Wildman–Crippen MR) is 147 cm³/mol.